The zero-order valence-electron chi connectivity index (χ0n) is 11.0. The zero-order chi connectivity index (χ0) is 13.7. The van der Waals surface area contributed by atoms with Crippen molar-refractivity contribution < 1.29 is 9.15 Å². The normalized spacial score (nSPS) is 11.8. The van der Waals surface area contributed by atoms with Gasteiger partial charge in [0.05, 0.1) is 25.0 Å². The standard InChI is InChI=1S/C15H16N2O2/c1-11(14-4-3-7-19-14)17-10-12-5-6-15(18-2)13(8-12)9-16/h3-8,11,17H,10H2,1-2H3/t11-/m1/s1. The first-order valence-corrected chi connectivity index (χ1v) is 6.08. The average molecular weight is 256 g/mol. The Morgan fingerprint density at radius 2 is 2.26 bits per heavy atom. The van der Waals surface area contributed by atoms with Crippen molar-refractivity contribution in [3.05, 3.63) is 53.5 Å². The van der Waals surface area contributed by atoms with Gasteiger partial charge in [-0.2, -0.15) is 5.26 Å². The highest BCUT2D eigenvalue weighted by atomic mass is 16.5. The van der Waals surface area contributed by atoms with Crippen LogP contribution in [-0.2, 0) is 6.54 Å². The van der Waals surface area contributed by atoms with Crippen LogP contribution in [-0.4, -0.2) is 7.11 Å². The molecule has 0 saturated heterocycles. The molecule has 1 N–H and O–H groups in total. The molecular formula is C15H16N2O2. The highest BCUT2D eigenvalue weighted by Crippen LogP contribution is 2.19. The van der Waals surface area contributed by atoms with Crippen LogP contribution in [0, 0.1) is 11.3 Å². The maximum atomic E-state index is 9.04. The summed E-state index contributed by atoms with van der Waals surface area (Å²) in [5.74, 6) is 1.50. The Hall–Kier alpha value is -2.25. The van der Waals surface area contributed by atoms with E-state index in [1.165, 1.54) is 0 Å². The molecule has 0 spiro atoms. The van der Waals surface area contributed by atoms with E-state index in [0.29, 0.717) is 17.9 Å². The Kier molecular flexibility index (Phi) is 4.22. The third-order valence-corrected chi connectivity index (χ3v) is 2.97. The Labute approximate surface area is 112 Å². The van der Waals surface area contributed by atoms with Crippen molar-refractivity contribution in [2.45, 2.75) is 19.5 Å². The molecule has 2 aromatic rings. The van der Waals surface area contributed by atoms with Gasteiger partial charge >= 0.3 is 0 Å². The summed E-state index contributed by atoms with van der Waals surface area (Å²) in [7, 11) is 1.56. The molecular weight excluding hydrogens is 240 g/mol. The number of nitrogens with one attached hydrogen (secondary N) is 1. The lowest BCUT2D eigenvalue weighted by atomic mass is 10.1. The monoisotopic (exact) mass is 256 g/mol. The van der Waals surface area contributed by atoms with E-state index in [4.69, 9.17) is 14.4 Å². The van der Waals surface area contributed by atoms with Crippen LogP contribution in [0.25, 0.3) is 0 Å². The van der Waals surface area contributed by atoms with Crippen LogP contribution in [0.15, 0.2) is 41.0 Å². The summed E-state index contributed by atoms with van der Waals surface area (Å²) in [5.41, 5.74) is 1.59. The second kappa shape index (κ2) is 6.07. The maximum Gasteiger partial charge on any atom is 0.136 e. The van der Waals surface area contributed by atoms with Crippen molar-refractivity contribution in [2.24, 2.45) is 0 Å². The maximum absolute atomic E-state index is 9.04. The molecule has 0 aliphatic carbocycles. The van der Waals surface area contributed by atoms with Crippen LogP contribution in [0.2, 0.25) is 0 Å². The van der Waals surface area contributed by atoms with E-state index in [-0.39, 0.29) is 6.04 Å². The first-order valence-electron chi connectivity index (χ1n) is 6.08. The first kappa shape index (κ1) is 13.2. The molecule has 19 heavy (non-hydrogen) atoms. The molecule has 4 heteroatoms. The minimum atomic E-state index is 0.127. The van der Waals surface area contributed by atoms with Crippen molar-refractivity contribution in [3.63, 3.8) is 0 Å². The lowest BCUT2D eigenvalue weighted by Crippen LogP contribution is -2.17. The fourth-order valence-corrected chi connectivity index (χ4v) is 1.86. The number of rotatable bonds is 5. The van der Waals surface area contributed by atoms with Crippen LogP contribution < -0.4 is 10.1 Å². The van der Waals surface area contributed by atoms with E-state index in [0.717, 1.165) is 11.3 Å². The fraction of sp³-hybridized carbons (Fsp3) is 0.267. The van der Waals surface area contributed by atoms with E-state index in [1.807, 2.05) is 37.3 Å². The highest BCUT2D eigenvalue weighted by Gasteiger charge is 2.08. The van der Waals surface area contributed by atoms with Gasteiger partial charge in [-0.15, -0.1) is 0 Å². The smallest absolute Gasteiger partial charge is 0.136 e. The SMILES string of the molecule is COc1ccc(CN[C@H](C)c2ccco2)cc1C#N. The number of furan rings is 1. The molecule has 0 unspecified atom stereocenters. The van der Waals surface area contributed by atoms with Gasteiger partial charge in [0.1, 0.15) is 17.6 Å². The van der Waals surface area contributed by atoms with Crippen molar-refractivity contribution in [1.82, 2.24) is 5.32 Å². The third kappa shape index (κ3) is 3.15. The van der Waals surface area contributed by atoms with E-state index in [2.05, 4.69) is 11.4 Å². The topological polar surface area (TPSA) is 58.2 Å². The van der Waals surface area contributed by atoms with Gasteiger partial charge in [0.25, 0.3) is 0 Å². The molecule has 4 nitrogen and oxygen atoms in total. The van der Waals surface area contributed by atoms with Crippen LogP contribution in [0.3, 0.4) is 0 Å². The highest BCUT2D eigenvalue weighted by molar-refractivity contribution is 5.45. The summed E-state index contributed by atoms with van der Waals surface area (Å²) in [6.45, 7) is 2.70. The molecule has 0 aliphatic heterocycles. The Balaban J connectivity index is 2.02. The van der Waals surface area contributed by atoms with Crippen LogP contribution in [0.1, 0.15) is 29.9 Å². The van der Waals surface area contributed by atoms with Crippen molar-refractivity contribution in [3.8, 4) is 11.8 Å². The molecule has 0 amide bonds. The quantitative estimate of drug-likeness (QED) is 0.893. The van der Waals surface area contributed by atoms with Gasteiger partial charge in [0.15, 0.2) is 0 Å². The van der Waals surface area contributed by atoms with Gasteiger partial charge in [-0.25, -0.2) is 0 Å². The number of methoxy groups -OCH3 is 1. The summed E-state index contributed by atoms with van der Waals surface area (Å²) in [4.78, 5) is 0. The molecule has 1 aromatic carbocycles. The molecule has 1 aromatic heterocycles. The van der Waals surface area contributed by atoms with Crippen LogP contribution >= 0.6 is 0 Å². The van der Waals surface area contributed by atoms with Gasteiger partial charge in [-0.1, -0.05) is 6.07 Å². The van der Waals surface area contributed by atoms with E-state index in [1.54, 1.807) is 13.4 Å². The summed E-state index contributed by atoms with van der Waals surface area (Å²) in [6.07, 6.45) is 1.66. The number of benzene rings is 1. The molecule has 1 atom stereocenters. The van der Waals surface area contributed by atoms with Crippen molar-refractivity contribution >= 4 is 0 Å². The predicted molar refractivity (Wildman–Crippen MR) is 71.7 cm³/mol. The second-order valence-corrected chi connectivity index (χ2v) is 4.26. The lowest BCUT2D eigenvalue weighted by molar-refractivity contribution is 0.412. The van der Waals surface area contributed by atoms with Gasteiger partial charge < -0.3 is 14.5 Å². The Morgan fingerprint density at radius 1 is 1.42 bits per heavy atom. The summed E-state index contributed by atoms with van der Waals surface area (Å²) < 4.78 is 10.4. The van der Waals surface area contributed by atoms with Gasteiger partial charge in [0.2, 0.25) is 0 Å². The number of ether oxygens (including phenoxy) is 1. The molecule has 0 saturated carbocycles. The third-order valence-electron chi connectivity index (χ3n) is 2.97. The molecule has 0 aliphatic rings. The molecule has 2 rings (SSSR count). The molecule has 98 valence electrons. The first-order chi connectivity index (χ1) is 9.24. The van der Waals surface area contributed by atoms with E-state index in [9.17, 15) is 0 Å². The van der Waals surface area contributed by atoms with Crippen molar-refractivity contribution in [1.29, 1.82) is 5.26 Å². The fourth-order valence-electron chi connectivity index (χ4n) is 1.86. The zero-order valence-corrected chi connectivity index (χ0v) is 11.0. The second-order valence-electron chi connectivity index (χ2n) is 4.26. The van der Waals surface area contributed by atoms with E-state index < -0.39 is 0 Å². The molecule has 0 fully saturated rings. The lowest BCUT2D eigenvalue weighted by Gasteiger charge is -2.12. The molecule has 1 heterocycles. The van der Waals surface area contributed by atoms with Gasteiger partial charge in [-0.05, 0) is 36.8 Å². The van der Waals surface area contributed by atoms with Gasteiger partial charge in [0, 0.05) is 6.54 Å². The summed E-state index contributed by atoms with van der Waals surface area (Å²) >= 11 is 0. The Bertz CT molecular complexity index is 570. The Morgan fingerprint density at radius 3 is 2.89 bits per heavy atom. The number of hydrogen-bond donors (Lipinski definition) is 1. The predicted octanol–water partition coefficient (Wildman–Crippen LogP) is 3.01. The van der Waals surface area contributed by atoms with Crippen LogP contribution in [0.5, 0.6) is 5.75 Å². The number of hydrogen-bond acceptors (Lipinski definition) is 4. The number of nitrogens with zero attached hydrogens (tertiary/aromatic N) is 1. The molecule has 0 bridgehead atoms. The minimum Gasteiger partial charge on any atom is -0.495 e. The van der Waals surface area contributed by atoms with Crippen LogP contribution in [0.4, 0.5) is 0 Å². The van der Waals surface area contributed by atoms with Crippen molar-refractivity contribution in [2.75, 3.05) is 7.11 Å². The summed E-state index contributed by atoms with van der Waals surface area (Å²) in [5, 5.41) is 12.4. The molecule has 0 radical (unpaired) electrons. The largest absolute Gasteiger partial charge is 0.495 e. The number of nitriles is 1. The van der Waals surface area contributed by atoms with E-state index >= 15 is 0 Å². The minimum absolute atomic E-state index is 0.127. The van der Waals surface area contributed by atoms with Gasteiger partial charge in [-0.3, -0.25) is 0 Å². The average Bonchev–Trinajstić information content (AvgIpc) is 2.98. The summed E-state index contributed by atoms with van der Waals surface area (Å²) in [6, 6.07) is 11.7.